The lowest BCUT2D eigenvalue weighted by atomic mass is 10.2. The maximum atomic E-state index is 11.7. The second-order valence-electron chi connectivity index (χ2n) is 3.84. The zero-order valence-corrected chi connectivity index (χ0v) is 8.32. The Morgan fingerprint density at radius 1 is 1.36 bits per heavy atom. The van der Waals surface area contributed by atoms with Gasteiger partial charge in [0.25, 0.3) is 5.69 Å². The molecule has 0 bridgehead atoms. The van der Waals surface area contributed by atoms with Gasteiger partial charge in [0.1, 0.15) is 0 Å². The highest BCUT2D eigenvalue weighted by molar-refractivity contribution is 5.14. The molecule has 0 saturated carbocycles. The monoisotopic (exact) mass is 194 g/mol. The second-order valence-corrected chi connectivity index (χ2v) is 3.84. The first-order chi connectivity index (χ1) is 6.70. The van der Waals surface area contributed by atoms with Crippen LogP contribution in [0.3, 0.4) is 0 Å². The van der Waals surface area contributed by atoms with Crippen molar-refractivity contribution in [1.29, 1.82) is 0 Å². The highest BCUT2D eigenvalue weighted by Crippen LogP contribution is 2.17. The first-order valence-corrected chi connectivity index (χ1v) is 5.04. The molecule has 1 aliphatic rings. The first kappa shape index (κ1) is 9.24. The molecular weight excluding hydrogens is 180 g/mol. The Bertz CT molecular complexity index is 409. The minimum atomic E-state index is 0.487. The standard InChI is InChI=1S/C10H14N2O2/c1-8-7-11(13)9-5-3-2-4-6-10(9)12(8)14/h7H,2-6H2,1H3. The van der Waals surface area contributed by atoms with Crippen molar-refractivity contribution in [1.82, 2.24) is 4.73 Å². The molecule has 0 aromatic carbocycles. The lowest BCUT2D eigenvalue weighted by Gasteiger charge is -2.17. The SMILES string of the molecule is Cc1c[n+](=O)c2c(n1[O-])CCCCC2. The second kappa shape index (κ2) is 3.44. The lowest BCUT2D eigenvalue weighted by Crippen LogP contribution is -2.27. The molecule has 0 spiro atoms. The van der Waals surface area contributed by atoms with Crippen LogP contribution in [-0.2, 0) is 12.8 Å². The Hall–Kier alpha value is -1.32. The summed E-state index contributed by atoms with van der Waals surface area (Å²) in [6.07, 6.45) is 5.98. The van der Waals surface area contributed by atoms with Gasteiger partial charge in [-0.05, 0) is 26.2 Å². The van der Waals surface area contributed by atoms with E-state index in [-0.39, 0.29) is 0 Å². The zero-order valence-electron chi connectivity index (χ0n) is 8.32. The van der Waals surface area contributed by atoms with E-state index in [1.807, 2.05) is 0 Å². The van der Waals surface area contributed by atoms with E-state index in [1.165, 1.54) is 6.20 Å². The Balaban J connectivity index is 2.63. The van der Waals surface area contributed by atoms with Gasteiger partial charge in [0.15, 0.2) is 0 Å². The molecule has 0 unspecified atom stereocenters. The number of hydrogen-bond acceptors (Lipinski definition) is 2. The summed E-state index contributed by atoms with van der Waals surface area (Å²) in [6, 6.07) is 0. The Morgan fingerprint density at radius 2 is 2.07 bits per heavy atom. The number of rotatable bonds is 0. The summed E-state index contributed by atoms with van der Waals surface area (Å²) in [5.74, 6) is 0. The van der Waals surface area contributed by atoms with Crippen LogP contribution in [0.2, 0.25) is 0 Å². The molecule has 0 N–H and O–H groups in total. The van der Waals surface area contributed by atoms with E-state index in [9.17, 15) is 10.1 Å². The third kappa shape index (κ3) is 1.41. The lowest BCUT2D eigenvalue weighted by molar-refractivity contribution is -0.506. The van der Waals surface area contributed by atoms with Gasteiger partial charge in [-0.25, -0.2) is 0 Å². The molecule has 76 valence electrons. The van der Waals surface area contributed by atoms with Crippen LogP contribution in [0.1, 0.15) is 36.3 Å². The molecule has 1 heterocycles. The van der Waals surface area contributed by atoms with Crippen molar-refractivity contribution >= 4 is 0 Å². The van der Waals surface area contributed by atoms with Gasteiger partial charge < -0.3 is 9.94 Å². The molecule has 1 aliphatic carbocycles. The fourth-order valence-electron chi connectivity index (χ4n) is 2.02. The summed E-state index contributed by atoms with van der Waals surface area (Å²) in [7, 11) is 0. The topological polar surface area (TPSA) is 51.0 Å². The van der Waals surface area contributed by atoms with Crippen LogP contribution in [0.15, 0.2) is 6.20 Å². The number of fused-ring (bicyclic) bond motifs is 1. The van der Waals surface area contributed by atoms with Crippen molar-refractivity contribution in [3.8, 4) is 0 Å². The summed E-state index contributed by atoms with van der Waals surface area (Å²) in [5.41, 5.74) is 1.83. The Morgan fingerprint density at radius 3 is 2.86 bits per heavy atom. The molecule has 4 nitrogen and oxygen atoms in total. The molecule has 1 aromatic rings. The molecule has 4 heteroatoms. The van der Waals surface area contributed by atoms with Crippen LogP contribution < -0.4 is 4.43 Å². The summed E-state index contributed by atoms with van der Waals surface area (Å²) in [6.45, 7) is 1.67. The third-order valence-electron chi connectivity index (χ3n) is 2.80. The number of aryl methyl sites for hydroxylation is 1. The maximum Gasteiger partial charge on any atom is 0.258 e. The largest absolute Gasteiger partial charge is 0.805 e. The van der Waals surface area contributed by atoms with E-state index >= 15 is 0 Å². The van der Waals surface area contributed by atoms with Gasteiger partial charge in [0.2, 0.25) is 6.20 Å². The molecule has 14 heavy (non-hydrogen) atoms. The average molecular weight is 194 g/mol. The maximum absolute atomic E-state index is 11.7. The molecule has 0 atom stereocenters. The van der Waals surface area contributed by atoms with E-state index in [4.69, 9.17) is 0 Å². The fourth-order valence-corrected chi connectivity index (χ4v) is 2.02. The van der Waals surface area contributed by atoms with Gasteiger partial charge in [-0.2, -0.15) is 0 Å². The zero-order chi connectivity index (χ0) is 10.1. The molecular formula is C10H14N2O2. The van der Waals surface area contributed by atoms with Crippen LogP contribution in [0.5, 0.6) is 0 Å². The van der Waals surface area contributed by atoms with Crippen molar-refractivity contribution in [2.24, 2.45) is 0 Å². The van der Waals surface area contributed by atoms with Crippen LogP contribution >= 0.6 is 0 Å². The molecule has 0 amide bonds. The minimum absolute atomic E-state index is 0.487. The van der Waals surface area contributed by atoms with Gasteiger partial charge in [-0.1, -0.05) is 6.42 Å². The molecule has 0 radical (unpaired) electrons. The Kier molecular flexibility index (Phi) is 2.27. The normalized spacial score (nSPS) is 16.1. The summed E-state index contributed by atoms with van der Waals surface area (Å²) in [5, 5.41) is 11.7. The molecule has 2 rings (SSSR count). The Labute approximate surface area is 82.4 Å². The third-order valence-corrected chi connectivity index (χ3v) is 2.80. The fraction of sp³-hybridized carbons (Fsp3) is 0.600. The van der Waals surface area contributed by atoms with Crippen molar-refractivity contribution < 1.29 is 4.43 Å². The highest BCUT2D eigenvalue weighted by atomic mass is 16.5. The molecule has 0 saturated heterocycles. The smallest absolute Gasteiger partial charge is 0.258 e. The predicted octanol–water partition coefficient (Wildman–Crippen LogP) is 1.33. The number of nitrogens with zero attached hydrogens (tertiary/aromatic N) is 2. The van der Waals surface area contributed by atoms with E-state index in [0.29, 0.717) is 17.1 Å². The molecule has 1 aromatic heterocycles. The van der Waals surface area contributed by atoms with Crippen molar-refractivity contribution in [3.05, 3.63) is 33.4 Å². The summed E-state index contributed by atoms with van der Waals surface area (Å²) in [4.78, 5) is 11.6. The van der Waals surface area contributed by atoms with Gasteiger partial charge in [-0.15, -0.1) is 0 Å². The van der Waals surface area contributed by atoms with E-state index in [1.54, 1.807) is 6.92 Å². The van der Waals surface area contributed by atoms with Gasteiger partial charge in [0, 0.05) is 11.3 Å². The van der Waals surface area contributed by atoms with Crippen molar-refractivity contribution in [2.75, 3.05) is 0 Å². The molecule has 0 fully saturated rings. The van der Waals surface area contributed by atoms with Crippen LogP contribution in [-0.4, -0.2) is 4.73 Å². The van der Waals surface area contributed by atoms with E-state index < -0.39 is 0 Å². The molecule has 0 aliphatic heterocycles. The average Bonchev–Trinajstić information content (AvgIpc) is 2.39. The van der Waals surface area contributed by atoms with Crippen molar-refractivity contribution in [3.63, 3.8) is 0 Å². The quantitative estimate of drug-likeness (QED) is 0.462. The number of aromatic nitrogens is 2. The number of hydrogen-bond donors (Lipinski definition) is 0. The van der Waals surface area contributed by atoms with E-state index in [0.717, 1.165) is 41.3 Å². The first-order valence-electron chi connectivity index (χ1n) is 5.04. The van der Waals surface area contributed by atoms with Gasteiger partial charge in [0.05, 0.1) is 15.8 Å². The highest BCUT2D eigenvalue weighted by Gasteiger charge is 2.20. The summed E-state index contributed by atoms with van der Waals surface area (Å²) < 4.78 is 1.78. The summed E-state index contributed by atoms with van der Waals surface area (Å²) >= 11 is 0. The predicted molar refractivity (Wildman–Crippen MR) is 52.6 cm³/mol. The van der Waals surface area contributed by atoms with Gasteiger partial charge in [-0.3, -0.25) is 0 Å². The minimum Gasteiger partial charge on any atom is -0.805 e. The van der Waals surface area contributed by atoms with Gasteiger partial charge >= 0.3 is 0 Å². The van der Waals surface area contributed by atoms with Crippen LogP contribution in [0, 0.1) is 17.0 Å². The van der Waals surface area contributed by atoms with Crippen molar-refractivity contribution in [2.45, 2.75) is 39.0 Å². The van der Waals surface area contributed by atoms with Crippen LogP contribution in [0.4, 0.5) is 0 Å². The van der Waals surface area contributed by atoms with E-state index in [2.05, 4.69) is 0 Å². The van der Waals surface area contributed by atoms with Crippen LogP contribution in [0.25, 0.3) is 0 Å².